The van der Waals surface area contributed by atoms with Crippen molar-refractivity contribution in [2.75, 3.05) is 0 Å². The largest absolute Gasteiger partial charge is 0 e. The van der Waals surface area contributed by atoms with E-state index in [2.05, 4.69) is 114 Å². The molecule has 0 N–H and O–H groups in total. The number of nitrogens with zero attached hydrogens (tertiary/aromatic N) is 2. The summed E-state index contributed by atoms with van der Waals surface area (Å²) in [5, 5.41) is 3.50. The molecule has 3 aromatic heterocycles. The van der Waals surface area contributed by atoms with Crippen molar-refractivity contribution in [3.63, 3.8) is 0 Å². The summed E-state index contributed by atoms with van der Waals surface area (Å²) in [6.45, 7) is 10.9. The molecule has 0 bridgehead atoms. The van der Waals surface area contributed by atoms with Gasteiger partial charge in [0.15, 0.2) is 0 Å². The van der Waals surface area contributed by atoms with Crippen LogP contribution in [-0.4, -0.2) is 31.3 Å². The number of rotatable bonds is 7. The molecule has 0 aliphatic heterocycles. The molecule has 50 heavy (non-hydrogen) atoms. The maximum atomic E-state index is 8.49. The third-order valence-corrected chi connectivity index (χ3v) is 14.9. The van der Waals surface area contributed by atoms with Crippen LogP contribution in [0.5, 0.6) is 0 Å². The fourth-order valence-corrected chi connectivity index (χ4v) is 9.15. The Balaban J connectivity index is 0.000000258. The second-order valence-electron chi connectivity index (χ2n) is 14.9. The Morgan fingerprint density at radius 1 is 0.780 bits per heavy atom. The molecule has 1 radical (unpaired) electrons. The molecule has 0 saturated carbocycles. The van der Waals surface area contributed by atoms with Crippen LogP contribution in [0.3, 0.4) is 0 Å². The van der Waals surface area contributed by atoms with Crippen molar-refractivity contribution < 1.29 is 27.3 Å². The Bertz CT molecular complexity index is 2280. The molecular formula is C44H46GeIrN2OSi-2. The zero-order chi connectivity index (χ0) is 36.6. The van der Waals surface area contributed by atoms with Crippen LogP contribution < -0.4 is 9.58 Å². The van der Waals surface area contributed by atoms with Gasteiger partial charge in [-0.25, -0.2) is 0 Å². The predicted octanol–water partition coefficient (Wildman–Crippen LogP) is 11.0. The number of fused-ring (bicyclic) bond motifs is 3. The van der Waals surface area contributed by atoms with E-state index < -0.39 is 27.7 Å². The van der Waals surface area contributed by atoms with E-state index in [1.807, 2.05) is 62.5 Å². The van der Waals surface area contributed by atoms with Crippen LogP contribution >= 0.6 is 0 Å². The fourth-order valence-electron chi connectivity index (χ4n) is 5.81. The van der Waals surface area contributed by atoms with Gasteiger partial charge in [0.1, 0.15) is 5.58 Å². The van der Waals surface area contributed by atoms with E-state index in [0.717, 1.165) is 44.3 Å². The van der Waals surface area contributed by atoms with Crippen molar-refractivity contribution in [1.29, 1.82) is 0 Å². The van der Waals surface area contributed by atoms with Gasteiger partial charge in [0.2, 0.25) is 0 Å². The Kier molecular flexibility index (Phi) is 11.0. The summed E-state index contributed by atoms with van der Waals surface area (Å²) in [7, 11) is -1.34. The van der Waals surface area contributed by atoms with E-state index in [-0.39, 0.29) is 26.0 Å². The quantitative estimate of drug-likeness (QED) is 0.118. The average molecular weight is 914 g/mol. The van der Waals surface area contributed by atoms with Gasteiger partial charge in [0.05, 0.1) is 13.7 Å². The first kappa shape index (κ1) is 34.8. The molecule has 0 aliphatic rings. The monoisotopic (exact) mass is 915 g/mol. The summed E-state index contributed by atoms with van der Waals surface area (Å²) < 4.78 is 24.8. The van der Waals surface area contributed by atoms with Gasteiger partial charge < -0.3 is 9.40 Å². The molecule has 4 aromatic carbocycles. The van der Waals surface area contributed by atoms with Gasteiger partial charge in [0.25, 0.3) is 0 Å². The Morgan fingerprint density at radius 3 is 2.18 bits per heavy atom. The molecular weight excluding hydrogens is 865 g/mol. The molecule has 6 heteroatoms. The van der Waals surface area contributed by atoms with Crippen molar-refractivity contribution >= 4 is 52.9 Å². The number of hydrogen-bond acceptors (Lipinski definition) is 3. The SMILES string of the molecule is [2H]C([2H])(c1ccnc(-c2[c-]ccc3c2oc2cc(-c4ccc([Si](C)(C)C)cc4)ccc23)c1)C(C)C.[CH3][Ge]([CH3])([CH3])[c]1ccc(-c2[c-]cccc2)nc1.[Ir]. The van der Waals surface area contributed by atoms with Crippen molar-refractivity contribution in [3.05, 3.63) is 133 Å². The number of aromatic nitrogens is 2. The van der Waals surface area contributed by atoms with Gasteiger partial charge >= 0.3 is 99.8 Å². The van der Waals surface area contributed by atoms with E-state index in [4.69, 9.17) is 7.16 Å². The van der Waals surface area contributed by atoms with Gasteiger partial charge in [-0.05, 0) is 41.2 Å². The first-order valence-electron chi connectivity index (χ1n) is 18.0. The Labute approximate surface area is 318 Å². The number of benzene rings is 4. The van der Waals surface area contributed by atoms with Crippen LogP contribution in [0.15, 0.2) is 120 Å². The van der Waals surface area contributed by atoms with Gasteiger partial charge in [-0.1, -0.05) is 97.7 Å². The summed E-state index contributed by atoms with van der Waals surface area (Å²) in [4.78, 5) is 9.07. The number of hydrogen-bond donors (Lipinski definition) is 0. The van der Waals surface area contributed by atoms with Crippen LogP contribution in [0.25, 0.3) is 55.6 Å². The molecule has 0 amide bonds. The average Bonchev–Trinajstić information content (AvgIpc) is 3.50. The van der Waals surface area contributed by atoms with Crippen molar-refractivity contribution in [2.45, 2.75) is 57.1 Å². The molecule has 3 nitrogen and oxygen atoms in total. The minimum Gasteiger partial charge on any atom is 0 e. The fraction of sp³-hybridized carbons (Fsp3) is 0.227. The molecule has 3 heterocycles. The van der Waals surface area contributed by atoms with E-state index >= 15 is 0 Å². The third kappa shape index (κ3) is 8.81. The summed E-state index contributed by atoms with van der Waals surface area (Å²) in [5.74, 6) is 6.99. The summed E-state index contributed by atoms with van der Waals surface area (Å²) in [5.41, 5.74) is 7.94. The molecule has 0 spiro atoms. The molecule has 0 unspecified atom stereocenters. The Hall–Kier alpha value is -3.61. The maximum absolute atomic E-state index is 8.49. The van der Waals surface area contributed by atoms with E-state index in [1.54, 1.807) is 12.3 Å². The maximum Gasteiger partial charge on any atom is 0 e. The van der Waals surface area contributed by atoms with Crippen molar-refractivity contribution in [1.82, 2.24) is 9.97 Å². The van der Waals surface area contributed by atoms with Crippen LogP contribution in [0.4, 0.5) is 0 Å². The molecule has 0 aliphatic carbocycles. The van der Waals surface area contributed by atoms with Crippen molar-refractivity contribution in [2.24, 2.45) is 5.92 Å². The molecule has 7 rings (SSSR count). The minimum atomic E-state index is -1.72. The molecule has 0 fully saturated rings. The molecule has 257 valence electrons. The minimum absolute atomic E-state index is 0. The summed E-state index contributed by atoms with van der Waals surface area (Å²) >= 11 is -1.72. The van der Waals surface area contributed by atoms with Gasteiger partial charge in [-0.2, -0.15) is 0 Å². The van der Waals surface area contributed by atoms with Gasteiger partial charge in [-0.3, -0.25) is 0 Å². The smallest absolute Gasteiger partial charge is 0 e. The number of pyridine rings is 2. The standard InChI is InChI=1S/C30H30NOSi.C14H16GeN.Ir/c1-20(2)17-21-15-16-31-28(18-21)27-8-6-7-26-25-14-11-23(19-29(25)32-30(26)27)22-9-12-24(13-10-22)33(3,4)5;1-15(2,3)13-9-10-14(16-11-13)12-7-5-4-6-8-12;/h6-7,9-16,18-20H,17H2,1-5H3;4-7,9-11H,1-3H3;/q2*-1;/i17D2;;. The van der Waals surface area contributed by atoms with E-state index in [0.29, 0.717) is 11.3 Å². The zero-order valence-electron chi connectivity index (χ0n) is 32.2. The van der Waals surface area contributed by atoms with Crippen LogP contribution in [0.2, 0.25) is 36.9 Å². The first-order chi connectivity index (χ1) is 24.1. The summed E-state index contributed by atoms with van der Waals surface area (Å²) in [6, 6.07) is 41.5. The second kappa shape index (κ2) is 15.7. The van der Waals surface area contributed by atoms with Crippen molar-refractivity contribution in [3.8, 4) is 33.6 Å². The normalized spacial score (nSPS) is 12.6. The van der Waals surface area contributed by atoms with E-state index in [1.165, 1.54) is 15.1 Å². The number of furan rings is 1. The van der Waals surface area contributed by atoms with Crippen LogP contribution in [-0.2, 0) is 26.5 Å². The third-order valence-electron chi connectivity index (χ3n) is 8.60. The Morgan fingerprint density at radius 2 is 1.54 bits per heavy atom. The zero-order valence-corrected chi connectivity index (χ0v) is 35.7. The molecule has 0 saturated heterocycles. The van der Waals surface area contributed by atoms with E-state index in [9.17, 15) is 0 Å². The predicted molar refractivity (Wildman–Crippen MR) is 214 cm³/mol. The second-order valence-corrected chi connectivity index (χ2v) is 30.7. The van der Waals surface area contributed by atoms with Crippen LogP contribution in [0.1, 0.15) is 22.2 Å². The molecule has 0 atom stereocenters. The summed E-state index contributed by atoms with van der Waals surface area (Å²) in [6.07, 6.45) is 2.26. The first-order valence-corrected chi connectivity index (χ1v) is 27.9. The molecule has 7 aromatic rings. The van der Waals surface area contributed by atoms with Gasteiger partial charge in [-0.15, -0.1) is 18.2 Å². The van der Waals surface area contributed by atoms with Gasteiger partial charge in [0, 0.05) is 34.4 Å². The van der Waals surface area contributed by atoms with Crippen LogP contribution in [0, 0.1) is 18.1 Å². The topological polar surface area (TPSA) is 38.9 Å².